The van der Waals surface area contributed by atoms with Crippen molar-refractivity contribution in [1.82, 2.24) is 4.98 Å². The maximum Gasteiger partial charge on any atom is 0.256 e. The molecule has 0 spiro atoms. The molecule has 1 aromatic carbocycles. The normalized spacial score (nSPS) is 11.0. The van der Waals surface area contributed by atoms with Gasteiger partial charge in [-0.25, -0.2) is 4.98 Å². The number of primary amides is 1. The minimum absolute atomic E-state index is 0.0341. The quantitative estimate of drug-likeness (QED) is 0.913. The van der Waals surface area contributed by atoms with E-state index in [1.165, 1.54) is 18.3 Å². The largest absolute Gasteiger partial charge is 0.366 e. The van der Waals surface area contributed by atoms with E-state index in [-0.39, 0.29) is 11.3 Å². The molecule has 3 N–H and O–H groups in total. The average Bonchev–Trinajstić information content (AvgIpc) is 2.46. The van der Waals surface area contributed by atoms with Crippen molar-refractivity contribution < 1.29 is 9.59 Å². The lowest BCUT2D eigenvalue weighted by atomic mass is 9.87. The molecule has 2 aromatic rings. The summed E-state index contributed by atoms with van der Waals surface area (Å²) in [4.78, 5) is 27.3. The summed E-state index contributed by atoms with van der Waals surface area (Å²) in [5, 5.41) is 2.65. The van der Waals surface area contributed by atoms with Crippen LogP contribution in [-0.2, 0) is 5.41 Å². The van der Waals surface area contributed by atoms with Crippen LogP contribution in [0.2, 0.25) is 0 Å². The number of benzene rings is 1. The Labute approximate surface area is 129 Å². The van der Waals surface area contributed by atoms with Crippen LogP contribution >= 0.6 is 0 Å². The molecule has 114 valence electrons. The zero-order valence-electron chi connectivity index (χ0n) is 12.9. The predicted molar refractivity (Wildman–Crippen MR) is 85.9 cm³/mol. The number of amides is 2. The molecule has 0 fully saturated rings. The molecule has 0 aliphatic heterocycles. The van der Waals surface area contributed by atoms with Gasteiger partial charge in [0.1, 0.15) is 5.82 Å². The van der Waals surface area contributed by atoms with E-state index in [4.69, 9.17) is 5.73 Å². The molecule has 5 heteroatoms. The van der Waals surface area contributed by atoms with E-state index in [1.807, 2.05) is 12.1 Å². The van der Waals surface area contributed by atoms with E-state index in [9.17, 15) is 9.59 Å². The molecule has 0 atom stereocenters. The minimum Gasteiger partial charge on any atom is -0.366 e. The SMILES string of the molecule is CC(C)(C)c1ccc(C(=O)Nc2cc(C(N)=O)ccn2)cc1. The van der Waals surface area contributed by atoms with E-state index in [1.54, 1.807) is 12.1 Å². The Balaban J connectivity index is 2.15. The second kappa shape index (κ2) is 5.97. The summed E-state index contributed by atoms with van der Waals surface area (Å²) in [6.07, 6.45) is 1.43. The van der Waals surface area contributed by atoms with E-state index >= 15 is 0 Å². The molecule has 0 saturated carbocycles. The van der Waals surface area contributed by atoms with Gasteiger partial charge in [-0.05, 0) is 35.2 Å². The van der Waals surface area contributed by atoms with Crippen molar-refractivity contribution in [3.8, 4) is 0 Å². The van der Waals surface area contributed by atoms with Gasteiger partial charge in [-0.15, -0.1) is 0 Å². The monoisotopic (exact) mass is 297 g/mol. The Hall–Kier alpha value is -2.69. The van der Waals surface area contributed by atoms with Crippen LogP contribution in [0.4, 0.5) is 5.82 Å². The molecular formula is C17H19N3O2. The van der Waals surface area contributed by atoms with Gasteiger partial charge >= 0.3 is 0 Å². The van der Waals surface area contributed by atoms with Crippen molar-refractivity contribution in [2.75, 3.05) is 5.32 Å². The summed E-state index contributed by atoms with van der Waals surface area (Å²) in [5.41, 5.74) is 7.21. The topological polar surface area (TPSA) is 85.1 Å². The van der Waals surface area contributed by atoms with Crippen LogP contribution < -0.4 is 11.1 Å². The van der Waals surface area contributed by atoms with Crippen LogP contribution in [0, 0.1) is 0 Å². The van der Waals surface area contributed by atoms with Crippen molar-refractivity contribution in [3.05, 3.63) is 59.3 Å². The van der Waals surface area contributed by atoms with Gasteiger partial charge in [-0.1, -0.05) is 32.9 Å². The highest BCUT2D eigenvalue weighted by molar-refractivity contribution is 6.04. The van der Waals surface area contributed by atoms with Crippen molar-refractivity contribution in [3.63, 3.8) is 0 Å². The lowest BCUT2D eigenvalue weighted by Gasteiger charge is -2.19. The van der Waals surface area contributed by atoms with Crippen LogP contribution in [0.1, 0.15) is 47.1 Å². The first-order valence-corrected chi connectivity index (χ1v) is 6.95. The highest BCUT2D eigenvalue weighted by Gasteiger charge is 2.14. The molecular weight excluding hydrogens is 278 g/mol. The minimum atomic E-state index is -0.563. The van der Waals surface area contributed by atoms with Gasteiger partial charge in [-0.2, -0.15) is 0 Å². The summed E-state index contributed by atoms with van der Waals surface area (Å²) >= 11 is 0. The number of anilines is 1. The Morgan fingerprint density at radius 3 is 2.23 bits per heavy atom. The van der Waals surface area contributed by atoms with E-state index in [0.717, 1.165) is 5.56 Å². The van der Waals surface area contributed by atoms with E-state index < -0.39 is 5.91 Å². The number of carbonyl (C=O) groups is 2. The second-order valence-corrected chi connectivity index (χ2v) is 6.08. The number of hydrogen-bond donors (Lipinski definition) is 2. The molecule has 22 heavy (non-hydrogen) atoms. The first-order chi connectivity index (χ1) is 10.3. The number of nitrogens with zero attached hydrogens (tertiary/aromatic N) is 1. The Morgan fingerprint density at radius 1 is 1.05 bits per heavy atom. The Morgan fingerprint density at radius 2 is 1.68 bits per heavy atom. The number of hydrogen-bond acceptors (Lipinski definition) is 3. The van der Waals surface area contributed by atoms with Crippen LogP contribution in [-0.4, -0.2) is 16.8 Å². The molecule has 1 aromatic heterocycles. The lowest BCUT2D eigenvalue weighted by molar-refractivity contribution is 0.0996. The third kappa shape index (κ3) is 3.69. The molecule has 0 saturated heterocycles. The van der Waals surface area contributed by atoms with Gasteiger partial charge < -0.3 is 11.1 Å². The second-order valence-electron chi connectivity index (χ2n) is 6.08. The molecule has 0 unspecified atom stereocenters. The summed E-state index contributed by atoms with van der Waals surface area (Å²) in [5.74, 6) is -0.553. The summed E-state index contributed by atoms with van der Waals surface area (Å²) in [7, 11) is 0. The molecule has 0 bridgehead atoms. The molecule has 0 radical (unpaired) electrons. The molecule has 0 aliphatic rings. The zero-order chi connectivity index (χ0) is 16.3. The third-order valence-electron chi connectivity index (χ3n) is 3.30. The van der Waals surface area contributed by atoms with Crippen molar-refractivity contribution in [1.29, 1.82) is 0 Å². The Bertz CT molecular complexity index is 701. The Kier molecular flexibility index (Phi) is 4.26. The van der Waals surface area contributed by atoms with Gasteiger partial charge in [0.15, 0.2) is 0 Å². The lowest BCUT2D eigenvalue weighted by Crippen LogP contribution is -2.16. The van der Waals surface area contributed by atoms with Gasteiger partial charge in [0, 0.05) is 17.3 Å². The summed E-state index contributed by atoms with van der Waals surface area (Å²) in [6, 6.07) is 10.4. The first kappa shape index (κ1) is 15.7. The molecule has 2 rings (SSSR count). The maximum absolute atomic E-state index is 12.2. The maximum atomic E-state index is 12.2. The smallest absolute Gasteiger partial charge is 0.256 e. The van der Waals surface area contributed by atoms with E-state index in [0.29, 0.717) is 16.9 Å². The number of nitrogens with one attached hydrogen (secondary N) is 1. The van der Waals surface area contributed by atoms with Crippen molar-refractivity contribution >= 4 is 17.6 Å². The molecule has 1 heterocycles. The van der Waals surface area contributed by atoms with Gasteiger partial charge in [0.25, 0.3) is 5.91 Å². The molecule has 5 nitrogen and oxygen atoms in total. The number of pyridine rings is 1. The van der Waals surface area contributed by atoms with Crippen molar-refractivity contribution in [2.45, 2.75) is 26.2 Å². The number of carbonyl (C=O) groups excluding carboxylic acids is 2. The van der Waals surface area contributed by atoms with Gasteiger partial charge in [0.05, 0.1) is 0 Å². The standard InChI is InChI=1S/C17H19N3O2/c1-17(2,3)13-6-4-11(5-7-13)16(22)20-14-10-12(15(18)21)8-9-19-14/h4-10H,1-3H3,(H2,18,21)(H,19,20,22). The van der Waals surface area contributed by atoms with Crippen LogP contribution in [0.15, 0.2) is 42.6 Å². The van der Waals surface area contributed by atoms with Crippen LogP contribution in [0.5, 0.6) is 0 Å². The molecule has 0 aliphatic carbocycles. The zero-order valence-corrected chi connectivity index (χ0v) is 12.9. The predicted octanol–water partition coefficient (Wildman–Crippen LogP) is 2.73. The van der Waals surface area contributed by atoms with Crippen LogP contribution in [0.25, 0.3) is 0 Å². The van der Waals surface area contributed by atoms with E-state index in [2.05, 4.69) is 31.1 Å². The summed E-state index contributed by atoms with van der Waals surface area (Å²) < 4.78 is 0. The average molecular weight is 297 g/mol. The van der Waals surface area contributed by atoms with Crippen molar-refractivity contribution in [2.24, 2.45) is 5.73 Å². The summed E-state index contributed by atoms with van der Waals surface area (Å²) in [6.45, 7) is 6.34. The fourth-order valence-electron chi connectivity index (χ4n) is 1.96. The highest BCUT2D eigenvalue weighted by atomic mass is 16.2. The first-order valence-electron chi connectivity index (χ1n) is 6.95. The highest BCUT2D eigenvalue weighted by Crippen LogP contribution is 2.22. The molecule has 2 amide bonds. The third-order valence-corrected chi connectivity index (χ3v) is 3.30. The number of nitrogens with two attached hydrogens (primary N) is 1. The fraction of sp³-hybridized carbons (Fsp3) is 0.235. The van der Waals surface area contributed by atoms with Gasteiger partial charge in [-0.3, -0.25) is 9.59 Å². The van der Waals surface area contributed by atoms with Gasteiger partial charge in [0.2, 0.25) is 5.91 Å². The van der Waals surface area contributed by atoms with Crippen LogP contribution in [0.3, 0.4) is 0 Å². The number of rotatable bonds is 3. The fourth-order valence-corrected chi connectivity index (χ4v) is 1.96. The number of aromatic nitrogens is 1.